The van der Waals surface area contributed by atoms with Gasteiger partial charge in [0.1, 0.15) is 0 Å². The van der Waals surface area contributed by atoms with E-state index in [1.54, 1.807) is 31.2 Å². The van der Waals surface area contributed by atoms with Crippen molar-refractivity contribution in [3.8, 4) is 5.75 Å². The number of methoxy groups -OCH3 is 1. The number of aliphatic hydroxyl groups is 1. The van der Waals surface area contributed by atoms with Crippen molar-refractivity contribution in [1.82, 2.24) is 4.98 Å². The molecule has 0 aliphatic heterocycles. The average molecular weight is 468 g/mol. The molecule has 1 unspecified atom stereocenters. The lowest BCUT2D eigenvalue weighted by molar-refractivity contribution is -0.259. The Morgan fingerprint density at radius 1 is 1.12 bits per heavy atom. The number of alkyl halides is 3. The lowest BCUT2D eigenvalue weighted by Gasteiger charge is -2.38. The quantitative estimate of drug-likeness (QED) is 0.409. The Kier molecular flexibility index (Phi) is 7.35. The van der Waals surface area contributed by atoms with Gasteiger partial charge in [0, 0.05) is 22.8 Å². The molecule has 2 atom stereocenters. The number of fused-ring (bicyclic) bond motifs is 1. The minimum Gasteiger partial charge on any atom is -0.494 e. The number of hydrogen-bond acceptors (Lipinski definition) is 4. The monoisotopic (exact) mass is 467 g/mol. The van der Waals surface area contributed by atoms with Crippen LogP contribution in [0.25, 0.3) is 10.9 Å². The summed E-state index contributed by atoms with van der Waals surface area (Å²) in [7, 11) is 1.25. The normalized spacial score (nSPS) is 14.9. The summed E-state index contributed by atoms with van der Waals surface area (Å²) in [6.07, 6.45) is -5.02. The van der Waals surface area contributed by atoms with Gasteiger partial charge in [-0.2, -0.15) is 24.9 Å². The molecule has 0 saturated heterocycles. The molecule has 0 fully saturated rings. The highest BCUT2D eigenvalue weighted by Crippen LogP contribution is 2.46. The van der Waals surface area contributed by atoms with Crippen LogP contribution in [0.15, 0.2) is 48.5 Å². The molecule has 0 saturated carbocycles. The maximum absolute atomic E-state index is 14.3. The number of benzene rings is 2. The average Bonchev–Trinajstić information content (AvgIpc) is 2.75. The van der Waals surface area contributed by atoms with Crippen LogP contribution in [-0.4, -0.2) is 40.5 Å². The van der Waals surface area contributed by atoms with Gasteiger partial charge in [0.15, 0.2) is 17.2 Å². The van der Waals surface area contributed by atoms with E-state index in [1.807, 2.05) is 13.0 Å². The van der Waals surface area contributed by atoms with Gasteiger partial charge in [-0.15, -0.1) is 0 Å². The van der Waals surface area contributed by atoms with Crippen molar-refractivity contribution >= 4 is 22.7 Å². The number of ether oxygens (including phenoxy) is 1. The first-order valence-corrected chi connectivity index (χ1v) is 11.3. The molecule has 1 heterocycles. The molecule has 0 aliphatic carbocycles. The fourth-order valence-corrected chi connectivity index (χ4v) is 4.69. The number of aryl methyl sites for hydroxylation is 1. The van der Waals surface area contributed by atoms with Gasteiger partial charge in [-0.1, -0.05) is 31.2 Å². The van der Waals surface area contributed by atoms with Gasteiger partial charge >= 0.3 is 6.18 Å². The molecule has 3 rings (SSSR count). The number of nitrogens with zero attached hydrogens (tertiary/aromatic N) is 1. The zero-order valence-electron chi connectivity index (χ0n) is 18.0. The van der Waals surface area contributed by atoms with Gasteiger partial charge in [0.25, 0.3) is 0 Å². The van der Waals surface area contributed by atoms with E-state index in [-0.39, 0.29) is 17.7 Å². The van der Waals surface area contributed by atoms with E-state index in [0.29, 0.717) is 22.2 Å². The molecule has 0 amide bonds. The van der Waals surface area contributed by atoms with Crippen LogP contribution in [0.5, 0.6) is 5.75 Å². The molecule has 2 aromatic carbocycles. The van der Waals surface area contributed by atoms with E-state index in [4.69, 9.17) is 4.74 Å². The molecule has 172 valence electrons. The first kappa shape index (κ1) is 24.3. The molecule has 1 aromatic heterocycles. The van der Waals surface area contributed by atoms with Crippen molar-refractivity contribution in [2.75, 3.05) is 18.6 Å². The van der Waals surface area contributed by atoms with Crippen LogP contribution in [0.3, 0.4) is 0 Å². The minimum atomic E-state index is -4.90. The van der Waals surface area contributed by atoms with Gasteiger partial charge in [0.05, 0.1) is 12.6 Å². The van der Waals surface area contributed by atoms with Crippen molar-refractivity contribution in [3.63, 3.8) is 0 Å². The van der Waals surface area contributed by atoms with Gasteiger partial charge in [-0.3, -0.25) is 4.98 Å². The number of thioether (sulfide) groups is 1. The summed E-state index contributed by atoms with van der Waals surface area (Å²) < 4.78 is 62.0. The Bertz CT molecular complexity index is 1090. The van der Waals surface area contributed by atoms with Gasteiger partial charge in [-0.05, 0) is 54.5 Å². The van der Waals surface area contributed by atoms with Crippen molar-refractivity contribution in [3.05, 3.63) is 71.2 Å². The molecule has 0 spiro atoms. The Morgan fingerprint density at radius 3 is 2.53 bits per heavy atom. The van der Waals surface area contributed by atoms with Crippen LogP contribution in [0.2, 0.25) is 0 Å². The molecular weight excluding hydrogens is 442 g/mol. The second kappa shape index (κ2) is 9.67. The standard InChI is InChI=1S/C24H25F4NO2S/c1-4-32-14-23(30,24(26,27)28)19(17-9-11-20(25)22(13-17)31-3)12-16-6-5-7-21-18(16)10-8-15(2)29-21/h5-11,13,19,30H,4,12,14H2,1-3H3/t19-,23?/m0/s1. The summed E-state index contributed by atoms with van der Waals surface area (Å²) in [6, 6.07) is 12.5. The maximum atomic E-state index is 14.3. The molecule has 0 radical (unpaired) electrons. The number of halogens is 4. The first-order valence-electron chi connectivity index (χ1n) is 10.2. The molecule has 32 heavy (non-hydrogen) atoms. The second-order valence-corrected chi connectivity index (χ2v) is 8.92. The smallest absolute Gasteiger partial charge is 0.418 e. The van der Waals surface area contributed by atoms with Crippen LogP contribution in [-0.2, 0) is 6.42 Å². The Balaban J connectivity index is 2.19. The summed E-state index contributed by atoms with van der Waals surface area (Å²) in [4.78, 5) is 4.46. The molecule has 3 aromatic rings. The zero-order chi connectivity index (χ0) is 23.5. The third kappa shape index (κ3) is 4.86. The Morgan fingerprint density at radius 2 is 1.88 bits per heavy atom. The third-order valence-electron chi connectivity index (χ3n) is 5.56. The first-order chi connectivity index (χ1) is 15.1. The number of hydrogen-bond donors (Lipinski definition) is 1. The van der Waals surface area contributed by atoms with E-state index >= 15 is 0 Å². The van der Waals surface area contributed by atoms with Gasteiger partial charge in [0.2, 0.25) is 0 Å². The van der Waals surface area contributed by atoms with Crippen LogP contribution >= 0.6 is 11.8 Å². The van der Waals surface area contributed by atoms with Crippen LogP contribution in [0.1, 0.15) is 29.7 Å². The van der Waals surface area contributed by atoms with E-state index in [9.17, 15) is 22.7 Å². The summed E-state index contributed by atoms with van der Waals surface area (Å²) in [5, 5.41) is 11.8. The summed E-state index contributed by atoms with van der Waals surface area (Å²) in [5.41, 5.74) is -0.807. The predicted octanol–water partition coefficient (Wildman–Crippen LogP) is 6.06. The highest BCUT2D eigenvalue weighted by molar-refractivity contribution is 7.99. The van der Waals surface area contributed by atoms with Crippen LogP contribution in [0.4, 0.5) is 17.6 Å². The van der Waals surface area contributed by atoms with Gasteiger partial charge in [-0.25, -0.2) is 4.39 Å². The number of pyridine rings is 1. The SMILES string of the molecule is CCSCC(O)([C@@H](Cc1cccc2nc(C)ccc12)c1ccc(F)c(OC)c1)C(F)(F)F. The van der Waals surface area contributed by atoms with Crippen molar-refractivity contribution < 1.29 is 27.4 Å². The maximum Gasteiger partial charge on any atom is 0.418 e. The topological polar surface area (TPSA) is 42.4 Å². The van der Waals surface area contributed by atoms with E-state index < -0.39 is 29.3 Å². The molecule has 3 nitrogen and oxygen atoms in total. The highest BCUT2D eigenvalue weighted by atomic mass is 32.2. The van der Waals surface area contributed by atoms with Crippen LogP contribution in [0, 0.1) is 12.7 Å². The fraction of sp³-hybridized carbons (Fsp3) is 0.375. The van der Waals surface area contributed by atoms with E-state index in [1.165, 1.54) is 19.2 Å². The van der Waals surface area contributed by atoms with E-state index in [0.717, 1.165) is 23.5 Å². The Hall–Kier alpha value is -2.32. The van der Waals surface area contributed by atoms with E-state index in [2.05, 4.69) is 4.98 Å². The van der Waals surface area contributed by atoms with Gasteiger partial charge < -0.3 is 9.84 Å². The highest BCUT2D eigenvalue weighted by Gasteiger charge is 2.58. The van der Waals surface area contributed by atoms with Crippen molar-refractivity contribution in [2.24, 2.45) is 0 Å². The lowest BCUT2D eigenvalue weighted by Crippen LogP contribution is -2.53. The zero-order valence-corrected chi connectivity index (χ0v) is 18.9. The molecule has 0 aliphatic rings. The lowest BCUT2D eigenvalue weighted by atomic mass is 9.78. The molecule has 1 N–H and O–H groups in total. The largest absolute Gasteiger partial charge is 0.494 e. The summed E-state index contributed by atoms with van der Waals surface area (Å²) in [6.45, 7) is 3.57. The van der Waals surface area contributed by atoms with Crippen molar-refractivity contribution in [1.29, 1.82) is 0 Å². The third-order valence-corrected chi connectivity index (χ3v) is 6.61. The summed E-state index contributed by atoms with van der Waals surface area (Å²) >= 11 is 1.01. The summed E-state index contributed by atoms with van der Waals surface area (Å²) in [5.74, 6) is -2.37. The molecular formula is C24H25F4NO2S. The molecule has 8 heteroatoms. The number of rotatable bonds is 8. The predicted molar refractivity (Wildman–Crippen MR) is 120 cm³/mol. The minimum absolute atomic E-state index is 0.114. The number of aromatic nitrogens is 1. The van der Waals surface area contributed by atoms with Crippen molar-refractivity contribution in [2.45, 2.75) is 38.0 Å². The molecule has 0 bridgehead atoms. The fourth-order valence-electron chi connectivity index (χ4n) is 3.81. The van der Waals surface area contributed by atoms with Crippen LogP contribution < -0.4 is 4.74 Å². The second-order valence-electron chi connectivity index (χ2n) is 7.65. The Labute approximate surface area is 188 Å².